The van der Waals surface area contributed by atoms with E-state index in [0.717, 1.165) is 5.56 Å². The van der Waals surface area contributed by atoms with Gasteiger partial charge in [0, 0.05) is 13.1 Å². The number of methoxy groups -OCH3 is 1. The molecule has 0 spiro atoms. The van der Waals surface area contributed by atoms with Gasteiger partial charge in [0.2, 0.25) is 11.8 Å². The van der Waals surface area contributed by atoms with E-state index in [4.69, 9.17) is 32.7 Å². The predicted molar refractivity (Wildman–Crippen MR) is 116 cm³/mol. The van der Waals surface area contributed by atoms with Crippen LogP contribution in [0.3, 0.4) is 0 Å². The summed E-state index contributed by atoms with van der Waals surface area (Å²) in [4.78, 5) is 25.8. The summed E-state index contributed by atoms with van der Waals surface area (Å²) in [7, 11) is 3.09. The molecule has 2 aromatic carbocycles. The molecule has 0 aliphatic carbocycles. The average molecular weight is 437 g/mol. The molecular formula is C21H22Cl2N2O4. The highest BCUT2D eigenvalue weighted by Gasteiger charge is 2.14. The van der Waals surface area contributed by atoms with Gasteiger partial charge in [0.25, 0.3) is 0 Å². The number of nitrogens with zero attached hydrogens (tertiary/aromatic N) is 1. The molecule has 0 saturated carbocycles. The Morgan fingerprint density at radius 1 is 1.14 bits per heavy atom. The SMILES string of the molecule is CCOc1cc(/C=C/C(=O)N(C)CC(=O)Nc2c(Cl)cccc2Cl)ccc1OC. The number of anilines is 1. The van der Waals surface area contributed by atoms with E-state index >= 15 is 0 Å². The topological polar surface area (TPSA) is 67.9 Å². The maximum atomic E-state index is 12.3. The molecule has 0 fully saturated rings. The first-order valence-corrected chi connectivity index (χ1v) is 9.59. The van der Waals surface area contributed by atoms with Crippen LogP contribution in [0.2, 0.25) is 10.0 Å². The number of carbonyl (C=O) groups excluding carboxylic acids is 2. The smallest absolute Gasteiger partial charge is 0.246 e. The molecule has 154 valence electrons. The Morgan fingerprint density at radius 2 is 1.83 bits per heavy atom. The minimum Gasteiger partial charge on any atom is -0.493 e. The predicted octanol–water partition coefficient (Wildman–Crippen LogP) is 4.51. The van der Waals surface area contributed by atoms with Gasteiger partial charge in [-0.2, -0.15) is 0 Å². The van der Waals surface area contributed by atoms with E-state index in [9.17, 15) is 9.59 Å². The van der Waals surface area contributed by atoms with Crippen molar-refractivity contribution >= 4 is 46.8 Å². The molecule has 1 N–H and O–H groups in total. The van der Waals surface area contributed by atoms with E-state index in [1.807, 2.05) is 6.92 Å². The maximum Gasteiger partial charge on any atom is 0.246 e. The number of carbonyl (C=O) groups is 2. The highest BCUT2D eigenvalue weighted by atomic mass is 35.5. The molecule has 0 unspecified atom stereocenters. The summed E-state index contributed by atoms with van der Waals surface area (Å²) in [6.07, 6.45) is 3.02. The number of para-hydroxylation sites is 1. The molecule has 0 atom stereocenters. The monoisotopic (exact) mass is 436 g/mol. The molecule has 0 heterocycles. The van der Waals surface area contributed by atoms with Gasteiger partial charge in [0.15, 0.2) is 11.5 Å². The second-order valence-corrected chi connectivity index (χ2v) is 6.83. The summed E-state index contributed by atoms with van der Waals surface area (Å²) in [6.45, 7) is 2.22. The molecule has 0 aliphatic heterocycles. The van der Waals surface area contributed by atoms with Crippen LogP contribution in [0.5, 0.6) is 11.5 Å². The van der Waals surface area contributed by atoms with E-state index in [1.165, 1.54) is 18.0 Å². The fraction of sp³-hybridized carbons (Fsp3) is 0.238. The quantitative estimate of drug-likeness (QED) is 0.617. The van der Waals surface area contributed by atoms with Gasteiger partial charge in [-0.3, -0.25) is 9.59 Å². The van der Waals surface area contributed by atoms with Crippen molar-refractivity contribution in [3.63, 3.8) is 0 Å². The number of hydrogen-bond donors (Lipinski definition) is 1. The summed E-state index contributed by atoms with van der Waals surface area (Å²) in [5, 5.41) is 3.27. The van der Waals surface area contributed by atoms with E-state index in [-0.39, 0.29) is 12.5 Å². The van der Waals surface area contributed by atoms with Gasteiger partial charge in [0.05, 0.1) is 36.0 Å². The number of hydrogen-bond acceptors (Lipinski definition) is 4. The van der Waals surface area contributed by atoms with E-state index in [0.29, 0.717) is 33.8 Å². The van der Waals surface area contributed by atoms with Crippen molar-refractivity contribution in [2.24, 2.45) is 0 Å². The largest absolute Gasteiger partial charge is 0.493 e. The summed E-state index contributed by atoms with van der Waals surface area (Å²) < 4.78 is 10.8. The second-order valence-electron chi connectivity index (χ2n) is 6.02. The standard InChI is InChI=1S/C21H22Cl2N2O4/c1-4-29-18-12-14(8-10-17(18)28-3)9-11-20(27)25(2)13-19(26)24-21-15(22)6-5-7-16(21)23/h5-12H,4,13H2,1-3H3,(H,24,26)/b11-9+. The van der Waals surface area contributed by atoms with Crippen molar-refractivity contribution in [3.05, 3.63) is 58.1 Å². The summed E-state index contributed by atoms with van der Waals surface area (Å²) >= 11 is 12.1. The summed E-state index contributed by atoms with van der Waals surface area (Å²) in [6, 6.07) is 10.3. The Labute approximate surface area is 180 Å². The van der Waals surface area contributed by atoms with Crippen molar-refractivity contribution in [1.29, 1.82) is 0 Å². The van der Waals surface area contributed by atoms with Crippen molar-refractivity contribution in [3.8, 4) is 11.5 Å². The second kappa shape index (κ2) is 10.7. The van der Waals surface area contributed by atoms with E-state index < -0.39 is 5.91 Å². The van der Waals surface area contributed by atoms with Gasteiger partial charge in [-0.15, -0.1) is 0 Å². The molecule has 29 heavy (non-hydrogen) atoms. The Hall–Kier alpha value is -2.70. The van der Waals surface area contributed by atoms with Crippen LogP contribution in [0, 0.1) is 0 Å². The number of ether oxygens (including phenoxy) is 2. The van der Waals surface area contributed by atoms with Crippen molar-refractivity contribution in [2.75, 3.05) is 32.6 Å². The highest BCUT2D eigenvalue weighted by Crippen LogP contribution is 2.30. The number of rotatable bonds is 8. The van der Waals surface area contributed by atoms with Crippen molar-refractivity contribution < 1.29 is 19.1 Å². The van der Waals surface area contributed by atoms with Crippen LogP contribution in [0.15, 0.2) is 42.5 Å². The maximum absolute atomic E-state index is 12.3. The molecule has 6 nitrogen and oxygen atoms in total. The van der Waals surface area contributed by atoms with Crippen LogP contribution in [0.25, 0.3) is 6.08 Å². The number of likely N-dealkylation sites (N-methyl/N-ethyl adjacent to an activating group) is 1. The van der Waals surface area contributed by atoms with Gasteiger partial charge in [-0.1, -0.05) is 35.3 Å². The summed E-state index contributed by atoms with van der Waals surface area (Å²) in [5.41, 5.74) is 1.09. The first-order valence-electron chi connectivity index (χ1n) is 8.83. The van der Waals surface area contributed by atoms with E-state index in [1.54, 1.807) is 49.6 Å². The lowest BCUT2D eigenvalue weighted by Crippen LogP contribution is -2.34. The van der Waals surface area contributed by atoms with Crippen LogP contribution < -0.4 is 14.8 Å². The third-order valence-electron chi connectivity index (χ3n) is 3.89. The molecule has 8 heteroatoms. The van der Waals surface area contributed by atoms with Crippen LogP contribution in [-0.2, 0) is 9.59 Å². The zero-order chi connectivity index (χ0) is 21.4. The molecule has 0 aliphatic rings. The van der Waals surface area contributed by atoms with Gasteiger partial charge in [0.1, 0.15) is 0 Å². The number of nitrogens with one attached hydrogen (secondary N) is 1. The van der Waals surface area contributed by atoms with Crippen LogP contribution in [0.1, 0.15) is 12.5 Å². The number of amides is 2. The Balaban J connectivity index is 1.99. The fourth-order valence-corrected chi connectivity index (χ4v) is 2.94. The summed E-state index contributed by atoms with van der Waals surface area (Å²) in [5.74, 6) is 0.461. The average Bonchev–Trinajstić information content (AvgIpc) is 2.69. The minimum atomic E-state index is -0.410. The Bertz CT molecular complexity index is 895. The zero-order valence-electron chi connectivity index (χ0n) is 16.4. The molecule has 0 saturated heterocycles. The number of halogens is 2. The molecule has 0 radical (unpaired) electrons. The Kier molecular flexibility index (Phi) is 8.36. The third-order valence-corrected chi connectivity index (χ3v) is 4.52. The first kappa shape index (κ1) is 22.6. The van der Waals surface area contributed by atoms with Gasteiger partial charge in [-0.25, -0.2) is 0 Å². The molecule has 2 amide bonds. The molecule has 2 rings (SSSR count). The minimum absolute atomic E-state index is 0.155. The van der Waals surface area contributed by atoms with Crippen LogP contribution in [-0.4, -0.2) is 44.0 Å². The lowest BCUT2D eigenvalue weighted by molar-refractivity contribution is -0.129. The third kappa shape index (κ3) is 6.41. The van der Waals surface area contributed by atoms with Crippen molar-refractivity contribution in [2.45, 2.75) is 6.92 Å². The van der Waals surface area contributed by atoms with Gasteiger partial charge < -0.3 is 19.7 Å². The van der Waals surface area contributed by atoms with Crippen LogP contribution in [0.4, 0.5) is 5.69 Å². The molecule has 0 aromatic heterocycles. The fourth-order valence-electron chi connectivity index (χ4n) is 2.45. The van der Waals surface area contributed by atoms with Crippen LogP contribution >= 0.6 is 23.2 Å². The lowest BCUT2D eigenvalue weighted by Gasteiger charge is -2.16. The van der Waals surface area contributed by atoms with Gasteiger partial charge >= 0.3 is 0 Å². The normalized spacial score (nSPS) is 10.7. The Morgan fingerprint density at radius 3 is 2.45 bits per heavy atom. The highest BCUT2D eigenvalue weighted by molar-refractivity contribution is 6.39. The van der Waals surface area contributed by atoms with Crippen molar-refractivity contribution in [1.82, 2.24) is 4.90 Å². The van der Waals surface area contributed by atoms with Gasteiger partial charge in [-0.05, 0) is 42.8 Å². The molecular weight excluding hydrogens is 415 g/mol. The molecule has 2 aromatic rings. The lowest BCUT2D eigenvalue weighted by atomic mass is 10.2. The molecule has 0 bridgehead atoms. The first-order chi connectivity index (χ1) is 13.8. The van der Waals surface area contributed by atoms with E-state index in [2.05, 4.69) is 5.32 Å². The number of benzene rings is 2. The zero-order valence-corrected chi connectivity index (χ0v) is 17.9.